The first-order valence-corrected chi connectivity index (χ1v) is 8.33. The molecule has 1 amide bonds. The zero-order chi connectivity index (χ0) is 17.1. The molecule has 3 nitrogen and oxygen atoms in total. The van der Waals surface area contributed by atoms with Gasteiger partial charge in [-0.25, -0.2) is 4.39 Å². The highest BCUT2D eigenvalue weighted by Gasteiger charge is 2.44. The number of hydrogen-bond acceptors (Lipinski definition) is 2. The fraction of sp³-hybridized carbons (Fsp3) is 0.350. The van der Waals surface area contributed by atoms with Gasteiger partial charge >= 0.3 is 0 Å². The summed E-state index contributed by atoms with van der Waals surface area (Å²) in [7, 11) is 0. The zero-order valence-corrected chi connectivity index (χ0v) is 13.7. The van der Waals surface area contributed by atoms with Crippen LogP contribution < -0.4 is 5.32 Å². The molecule has 3 rings (SSSR count). The van der Waals surface area contributed by atoms with E-state index in [4.69, 9.17) is 0 Å². The van der Waals surface area contributed by atoms with Crippen molar-refractivity contribution in [2.45, 2.75) is 37.8 Å². The summed E-state index contributed by atoms with van der Waals surface area (Å²) in [6.45, 7) is 1.88. The summed E-state index contributed by atoms with van der Waals surface area (Å²) in [5.41, 5.74) is 1.86. The van der Waals surface area contributed by atoms with Gasteiger partial charge in [0, 0.05) is 12.0 Å². The third-order valence-corrected chi connectivity index (χ3v) is 4.58. The van der Waals surface area contributed by atoms with Gasteiger partial charge < -0.3 is 10.4 Å². The summed E-state index contributed by atoms with van der Waals surface area (Å²) in [6.07, 6.45) is 0.563. The number of carbonyl (C=O) groups excluding carboxylic acids is 1. The molecule has 24 heavy (non-hydrogen) atoms. The van der Waals surface area contributed by atoms with Crippen molar-refractivity contribution in [1.29, 1.82) is 0 Å². The van der Waals surface area contributed by atoms with Gasteiger partial charge in [-0.05, 0) is 48.9 Å². The summed E-state index contributed by atoms with van der Waals surface area (Å²) < 4.78 is 12.9. The third-order valence-electron chi connectivity index (χ3n) is 4.58. The third kappa shape index (κ3) is 4.01. The summed E-state index contributed by atoms with van der Waals surface area (Å²) in [5.74, 6) is 0.0499. The summed E-state index contributed by atoms with van der Waals surface area (Å²) in [5, 5.41) is 13.2. The molecule has 0 radical (unpaired) electrons. The van der Waals surface area contributed by atoms with E-state index in [1.807, 2.05) is 25.1 Å². The van der Waals surface area contributed by atoms with Crippen LogP contribution in [0.3, 0.4) is 0 Å². The van der Waals surface area contributed by atoms with Crippen LogP contribution in [0.25, 0.3) is 0 Å². The largest absolute Gasteiger partial charge is 0.388 e. The van der Waals surface area contributed by atoms with Gasteiger partial charge in [0.05, 0.1) is 6.10 Å². The maximum absolute atomic E-state index is 12.9. The van der Waals surface area contributed by atoms with Crippen LogP contribution in [-0.4, -0.2) is 17.1 Å². The van der Waals surface area contributed by atoms with Crippen LogP contribution in [0.2, 0.25) is 0 Å². The predicted octanol–water partition coefficient (Wildman–Crippen LogP) is 3.56. The molecule has 4 heteroatoms. The molecule has 0 spiro atoms. The second-order valence-corrected chi connectivity index (χ2v) is 6.57. The van der Waals surface area contributed by atoms with Gasteiger partial charge in [-0.2, -0.15) is 0 Å². The number of halogens is 1. The van der Waals surface area contributed by atoms with E-state index in [2.05, 4.69) is 17.4 Å². The molecule has 1 aliphatic rings. The van der Waals surface area contributed by atoms with E-state index >= 15 is 0 Å². The molecule has 1 aliphatic carbocycles. The minimum atomic E-state index is -0.718. The van der Waals surface area contributed by atoms with Crippen LogP contribution in [0.15, 0.2) is 54.6 Å². The molecule has 0 saturated heterocycles. The van der Waals surface area contributed by atoms with Gasteiger partial charge in [0.15, 0.2) is 0 Å². The minimum Gasteiger partial charge on any atom is -0.388 e. The molecule has 0 heterocycles. The average Bonchev–Trinajstić information content (AvgIpc) is 3.37. The van der Waals surface area contributed by atoms with E-state index in [9.17, 15) is 14.3 Å². The normalized spacial score (nSPS) is 21.8. The van der Waals surface area contributed by atoms with Crippen molar-refractivity contribution in [1.82, 2.24) is 5.32 Å². The maximum Gasteiger partial charge on any atom is 0.223 e. The smallest absolute Gasteiger partial charge is 0.223 e. The fourth-order valence-electron chi connectivity index (χ4n) is 3.12. The van der Waals surface area contributed by atoms with Gasteiger partial charge in [0.1, 0.15) is 5.82 Å². The number of aliphatic hydroxyl groups is 1. The molecule has 2 N–H and O–H groups in total. The van der Waals surface area contributed by atoms with Crippen LogP contribution in [0.5, 0.6) is 0 Å². The molecule has 2 aromatic rings. The highest BCUT2D eigenvalue weighted by Crippen LogP contribution is 2.47. The number of hydrogen-bond donors (Lipinski definition) is 2. The van der Waals surface area contributed by atoms with Crippen molar-refractivity contribution in [3.63, 3.8) is 0 Å². The molecule has 126 valence electrons. The molecule has 2 aromatic carbocycles. The molecule has 0 bridgehead atoms. The van der Waals surface area contributed by atoms with Crippen molar-refractivity contribution in [3.05, 3.63) is 71.5 Å². The van der Waals surface area contributed by atoms with Crippen molar-refractivity contribution in [3.8, 4) is 0 Å². The van der Waals surface area contributed by atoms with Crippen LogP contribution in [-0.2, 0) is 4.79 Å². The standard InChI is InChI=1S/C20H22FNO2/c1-13(11-19(23)15-7-9-16(21)10-8-15)22-20(24)18-12-17(18)14-5-3-2-4-6-14/h2-10,13,17-19,23H,11-12H2,1H3,(H,22,24). The topological polar surface area (TPSA) is 49.3 Å². The SMILES string of the molecule is CC(CC(O)c1ccc(F)cc1)NC(=O)C1CC1c1ccccc1. The number of amides is 1. The first-order chi connectivity index (χ1) is 11.5. The van der Waals surface area contributed by atoms with Gasteiger partial charge in [-0.3, -0.25) is 4.79 Å². The molecule has 1 saturated carbocycles. The van der Waals surface area contributed by atoms with Crippen LogP contribution in [0.1, 0.15) is 42.9 Å². The van der Waals surface area contributed by atoms with Crippen molar-refractivity contribution in [2.24, 2.45) is 5.92 Å². The Kier molecular flexibility index (Phi) is 4.95. The van der Waals surface area contributed by atoms with E-state index in [-0.39, 0.29) is 23.7 Å². The number of carbonyl (C=O) groups is 1. The Morgan fingerprint density at radius 1 is 1.21 bits per heavy atom. The Morgan fingerprint density at radius 3 is 2.54 bits per heavy atom. The summed E-state index contributed by atoms with van der Waals surface area (Å²) in [6, 6.07) is 15.7. The number of nitrogens with one attached hydrogen (secondary N) is 1. The van der Waals surface area contributed by atoms with Gasteiger partial charge in [0.25, 0.3) is 0 Å². The van der Waals surface area contributed by atoms with Crippen LogP contribution in [0, 0.1) is 11.7 Å². The van der Waals surface area contributed by atoms with Crippen molar-refractivity contribution >= 4 is 5.91 Å². The number of rotatable bonds is 6. The second-order valence-electron chi connectivity index (χ2n) is 6.57. The predicted molar refractivity (Wildman–Crippen MR) is 90.9 cm³/mol. The van der Waals surface area contributed by atoms with Crippen molar-refractivity contribution in [2.75, 3.05) is 0 Å². The number of benzene rings is 2. The highest BCUT2D eigenvalue weighted by atomic mass is 19.1. The molecule has 0 aliphatic heterocycles. The van der Waals surface area contributed by atoms with Crippen molar-refractivity contribution < 1.29 is 14.3 Å². The highest BCUT2D eigenvalue weighted by molar-refractivity contribution is 5.83. The van der Waals surface area contributed by atoms with Crippen LogP contribution in [0.4, 0.5) is 4.39 Å². The van der Waals surface area contributed by atoms with Gasteiger partial charge in [-0.1, -0.05) is 42.5 Å². The minimum absolute atomic E-state index is 0.0258. The molecule has 1 fully saturated rings. The lowest BCUT2D eigenvalue weighted by Crippen LogP contribution is -2.35. The lowest BCUT2D eigenvalue weighted by Gasteiger charge is -2.18. The van der Waals surface area contributed by atoms with Gasteiger partial charge in [0.2, 0.25) is 5.91 Å². The average molecular weight is 327 g/mol. The van der Waals surface area contributed by atoms with Crippen LogP contribution >= 0.6 is 0 Å². The summed E-state index contributed by atoms with van der Waals surface area (Å²) in [4.78, 5) is 12.3. The lowest BCUT2D eigenvalue weighted by atomic mass is 10.0. The molecule has 0 aromatic heterocycles. The molecular weight excluding hydrogens is 305 g/mol. The maximum atomic E-state index is 12.9. The Bertz CT molecular complexity index is 687. The first-order valence-electron chi connectivity index (χ1n) is 8.33. The van der Waals surface area contributed by atoms with E-state index in [0.29, 0.717) is 17.9 Å². The van der Waals surface area contributed by atoms with E-state index in [1.165, 1.54) is 17.7 Å². The quantitative estimate of drug-likeness (QED) is 0.852. The first kappa shape index (κ1) is 16.7. The second kappa shape index (κ2) is 7.14. The monoisotopic (exact) mass is 327 g/mol. The molecule has 4 unspecified atom stereocenters. The Morgan fingerprint density at radius 2 is 1.88 bits per heavy atom. The fourth-order valence-corrected chi connectivity index (χ4v) is 3.12. The lowest BCUT2D eigenvalue weighted by molar-refractivity contribution is -0.123. The van der Waals surface area contributed by atoms with E-state index in [1.54, 1.807) is 12.1 Å². The zero-order valence-electron chi connectivity index (χ0n) is 13.7. The molecular formula is C20H22FNO2. The molecule has 4 atom stereocenters. The Labute approximate surface area is 141 Å². The number of aliphatic hydroxyl groups excluding tert-OH is 1. The summed E-state index contributed by atoms with van der Waals surface area (Å²) >= 11 is 0. The Balaban J connectivity index is 1.49. The Hall–Kier alpha value is -2.20. The van der Waals surface area contributed by atoms with E-state index < -0.39 is 6.10 Å². The van der Waals surface area contributed by atoms with E-state index in [0.717, 1.165) is 6.42 Å². The van der Waals surface area contributed by atoms with Gasteiger partial charge in [-0.15, -0.1) is 0 Å².